The zero-order valence-electron chi connectivity index (χ0n) is 5.42. The maximum absolute atomic E-state index is 8.87. The van der Waals surface area contributed by atoms with Crippen LogP contribution in [-0.2, 0) is 4.74 Å². The molecule has 0 aliphatic heterocycles. The van der Waals surface area contributed by atoms with E-state index in [1.54, 1.807) is 0 Å². The first-order valence-corrected chi connectivity index (χ1v) is 3.68. The highest BCUT2D eigenvalue weighted by Crippen LogP contribution is 2.32. The normalized spacial score (nSPS) is 42.3. The van der Waals surface area contributed by atoms with Crippen molar-refractivity contribution in [3.63, 3.8) is 0 Å². The van der Waals surface area contributed by atoms with E-state index in [0.29, 0.717) is 12.2 Å². The van der Waals surface area contributed by atoms with Crippen LogP contribution in [0.25, 0.3) is 0 Å². The first kappa shape index (κ1) is 5.69. The Kier molecular flexibility index (Phi) is 1.24. The molecule has 0 aromatic carbocycles. The lowest BCUT2D eigenvalue weighted by molar-refractivity contribution is -0.0777. The quantitative estimate of drug-likeness (QED) is 0.593. The molecule has 0 aromatic rings. The summed E-state index contributed by atoms with van der Waals surface area (Å²) in [4.78, 5) is 0. The lowest BCUT2D eigenvalue weighted by Crippen LogP contribution is -2.35. The van der Waals surface area contributed by atoms with Gasteiger partial charge in [0.15, 0.2) is 0 Å². The van der Waals surface area contributed by atoms with Crippen LogP contribution in [-0.4, -0.2) is 23.4 Å². The second-order valence-corrected chi connectivity index (χ2v) is 3.08. The Morgan fingerprint density at radius 1 is 1.11 bits per heavy atom. The van der Waals surface area contributed by atoms with Crippen molar-refractivity contribution in [2.75, 3.05) is 0 Å². The lowest BCUT2D eigenvalue weighted by Gasteiger charge is -2.31. The first-order chi connectivity index (χ1) is 4.34. The van der Waals surface area contributed by atoms with Crippen LogP contribution in [0.1, 0.15) is 25.7 Å². The molecular weight excluding hydrogens is 116 g/mol. The van der Waals surface area contributed by atoms with E-state index < -0.39 is 0 Å². The van der Waals surface area contributed by atoms with Gasteiger partial charge in [0, 0.05) is 0 Å². The molecule has 2 fully saturated rings. The summed E-state index contributed by atoms with van der Waals surface area (Å²) in [5.74, 6) is 0. The molecule has 2 rings (SSSR count). The summed E-state index contributed by atoms with van der Waals surface area (Å²) < 4.78 is 5.51. The zero-order valence-corrected chi connectivity index (χ0v) is 5.42. The van der Waals surface area contributed by atoms with E-state index in [1.165, 1.54) is 12.8 Å². The summed E-state index contributed by atoms with van der Waals surface area (Å²) in [6.07, 6.45) is 5.12. The molecule has 0 bridgehead atoms. The molecule has 0 atom stereocenters. The number of rotatable bonds is 2. The Morgan fingerprint density at radius 2 is 1.78 bits per heavy atom. The average molecular weight is 128 g/mol. The zero-order chi connectivity index (χ0) is 6.27. The average Bonchev–Trinajstić information content (AvgIpc) is 2.45. The molecule has 52 valence electrons. The minimum Gasteiger partial charge on any atom is -0.393 e. The van der Waals surface area contributed by atoms with E-state index in [-0.39, 0.29) is 6.10 Å². The van der Waals surface area contributed by atoms with Gasteiger partial charge in [0.1, 0.15) is 0 Å². The van der Waals surface area contributed by atoms with Crippen LogP contribution in [0.3, 0.4) is 0 Å². The maximum atomic E-state index is 8.87. The van der Waals surface area contributed by atoms with Gasteiger partial charge in [-0.2, -0.15) is 0 Å². The topological polar surface area (TPSA) is 29.5 Å². The molecule has 2 heteroatoms. The molecule has 0 radical (unpaired) electrons. The first-order valence-electron chi connectivity index (χ1n) is 3.68. The molecule has 1 N–H and O–H groups in total. The fourth-order valence-corrected chi connectivity index (χ4v) is 1.13. The molecule has 2 aliphatic rings. The van der Waals surface area contributed by atoms with Gasteiger partial charge in [-0.1, -0.05) is 0 Å². The molecule has 9 heavy (non-hydrogen) atoms. The minimum atomic E-state index is -0.0613. The third-order valence-corrected chi connectivity index (χ3v) is 1.98. The minimum absolute atomic E-state index is 0.0613. The van der Waals surface area contributed by atoms with E-state index in [2.05, 4.69) is 0 Å². The van der Waals surface area contributed by atoms with Gasteiger partial charge in [-0.25, -0.2) is 0 Å². The Bertz CT molecular complexity index is 103. The standard InChI is InChI=1S/C7H12O2/c8-5-3-7(4-5)9-6-1-2-6/h5-8H,1-4H2. The van der Waals surface area contributed by atoms with Gasteiger partial charge >= 0.3 is 0 Å². The summed E-state index contributed by atoms with van der Waals surface area (Å²) in [5, 5.41) is 8.87. The summed E-state index contributed by atoms with van der Waals surface area (Å²) >= 11 is 0. The molecule has 0 spiro atoms. The fourth-order valence-electron chi connectivity index (χ4n) is 1.13. The van der Waals surface area contributed by atoms with Crippen LogP contribution in [0.2, 0.25) is 0 Å². The van der Waals surface area contributed by atoms with Gasteiger partial charge in [0.05, 0.1) is 18.3 Å². The smallest absolute Gasteiger partial charge is 0.0628 e. The van der Waals surface area contributed by atoms with E-state index in [4.69, 9.17) is 9.84 Å². The van der Waals surface area contributed by atoms with Crippen molar-refractivity contribution in [3.05, 3.63) is 0 Å². The van der Waals surface area contributed by atoms with E-state index in [1.807, 2.05) is 0 Å². The second-order valence-electron chi connectivity index (χ2n) is 3.08. The van der Waals surface area contributed by atoms with Crippen LogP contribution in [0.15, 0.2) is 0 Å². The Balaban J connectivity index is 1.64. The van der Waals surface area contributed by atoms with Crippen LogP contribution in [0.5, 0.6) is 0 Å². The Morgan fingerprint density at radius 3 is 2.22 bits per heavy atom. The summed E-state index contributed by atoms with van der Waals surface area (Å²) in [6, 6.07) is 0. The third kappa shape index (κ3) is 1.25. The monoisotopic (exact) mass is 128 g/mol. The predicted octanol–water partition coefficient (Wildman–Crippen LogP) is 0.689. The summed E-state index contributed by atoms with van der Waals surface area (Å²) in [6.45, 7) is 0. The van der Waals surface area contributed by atoms with Crippen LogP contribution < -0.4 is 0 Å². The van der Waals surface area contributed by atoms with E-state index in [9.17, 15) is 0 Å². The molecule has 0 saturated heterocycles. The van der Waals surface area contributed by atoms with Crippen molar-refractivity contribution in [1.82, 2.24) is 0 Å². The molecule has 2 nitrogen and oxygen atoms in total. The van der Waals surface area contributed by atoms with Gasteiger partial charge in [-0.3, -0.25) is 0 Å². The highest BCUT2D eigenvalue weighted by molar-refractivity contribution is 4.83. The molecule has 2 aliphatic carbocycles. The Labute approximate surface area is 54.8 Å². The molecule has 0 unspecified atom stereocenters. The molecular formula is C7H12O2. The number of hydrogen-bond donors (Lipinski definition) is 1. The van der Waals surface area contributed by atoms with Crippen molar-refractivity contribution in [2.45, 2.75) is 44.0 Å². The van der Waals surface area contributed by atoms with Crippen LogP contribution in [0.4, 0.5) is 0 Å². The van der Waals surface area contributed by atoms with Crippen LogP contribution >= 0.6 is 0 Å². The fraction of sp³-hybridized carbons (Fsp3) is 1.00. The van der Waals surface area contributed by atoms with Gasteiger partial charge in [0.2, 0.25) is 0 Å². The SMILES string of the molecule is OC1CC(OC2CC2)C1. The van der Waals surface area contributed by atoms with Gasteiger partial charge in [0.25, 0.3) is 0 Å². The number of aliphatic hydroxyl groups excluding tert-OH is 1. The molecule has 2 saturated carbocycles. The van der Waals surface area contributed by atoms with E-state index >= 15 is 0 Å². The molecule has 0 amide bonds. The number of aliphatic hydroxyl groups is 1. The largest absolute Gasteiger partial charge is 0.393 e. The van der Waals surface area contributed by atoms with Crippen LogP contribution in [0, 0.1) is 0 Å². The van der Waals surface area contributed by atoms with Crippen molar-refractivity contribution in [2.24, 2.45) is 0 Å². The predicted molar refractivity (Wildman–Crippen MR) is 33.1 cm³/mol. The molecule has 0 aromatic heterocycles. The van der Waals surface area contributed by atoms with Gasteiger partial charge in [-0.15, -0.1) is 0 Å². The second kappa shape index (κ2) is 1.96. The maximum Gasteiger partial charge on any atom is 0.0628 e. The summed E-state index contributed by atoms with van der Waals surface area (Å²) in [7, 11) is 0. The van der Waals surface area contributed by atoms with Crippen molar-refractivity contribution < 1.29 is 9.84 Å². The van der Waals surface area contributed by atoms with Gasteiger partial charge in [-0.05, 0) is 25.7 Å². The Hall–Kier alpha value is -0.0800. The van der Waals surface area contributed by atoms with Crippen molar-refractivity contribution >= 4 is 0 Å². The van der Waals surface area contributed by atoms with E-state index in [0.717, 1.165) is 12.8 Å². The highest BCUT2D eigenvalue weighted by atomic mass is 16.5. The molecule has 0 heterocycles. The third-order valence-electron chi connectivity index (χ3n) is 1.98. The van der Waals surface area contributed by atoms with Crippen molar-refractivity contribution in [3.8, 4) is 0 Å². The highest BCUT2D eigenvalue weighted by Gasteiger charge is 2.33. The van der Waals surface area contributed by atoms with Gasteiger partial charge < -0.3 is 9.84 Å². The number of hydrogen-bond acceptors (Lipinski definition) is 2. The number of ether oxygens (including phenoxy) is 1. The lowest BCUT2D eigenvalue weighted by atomic mass is 9.92. The van der Waals surface area contributed by atoms with Crippen molar-refractivity contribution in [1.29, 1.82) is 0 Å². The summed E-state index contributed by atoms with van der Waals surface area (Å²) in [5.41, 5.74) is 0.